The Labute approximate surface area is 177 Å². The molecule has 3 aromatic heterocycles. The minimum absolute atomic E-state index is 0.278. The van der Waals surface area contributed by atoms with E-state index in [2.05, 4.69) is 15.0 Å². The van der Waals surface area contributed by atoms with Crippen LogP contribution in [-0.4, -0.2) is 20.1 Å². The molecule has 0 aliphatic carbocycles. The number of hydrogen-bond acceptors (Lipinski definition) is 4. The van der Waals surface area contributed by atoms with Crippen LogP contribution in [0.1, 0.15) is 34.3 Å². The van der Waals surface area contributed by atoms with Crippen molar-refractivity contribution in [2.45, 2.75) is 18.2 Å². The molecule has 0 saturated heterocycles. The van der Waals surface area contributed by atoms with Crippen LogP contribution in [0.25, 0.3) is 11.3 Å². The van der Waals surface area contributed by atoms with E-state index in [1.54, 1.807) is 55.1 Å². The second kappa shape index (κ2) is 8.65. The molecule has 1 aromatic carbocycles. The summed E-state index contributed by atoms with van der Waals surface area (Å²) in [4.78, 5) is 12.6. The molecular weight excluding hydrogens is 403 g/mol. The molecular formula is C24H18F3N3O. The van der Waals surface area contributed by atoms with Crippen molar-refractivity contribution >= 4 is 0 Å². The molecule has 0 amide bonds. The molecule has 1 N–H and O–H groups in total. The van der Waals surface area contributed by atoms with E-state index in [0.29, 0.717) is 11.3 Å². The molecule has 4 aromatic rings. The molecule has 156 valence electrons. The van der Waals surface area contributed by atoms with Gasteiger partial charge in [-0.3, -0.25) is 15.0 Å². The van der Waals surface area contributed by atoms with Crippen molar-refractivity contribution in [1.82, 2.24) is 15.0 Å². The van der Waals surface area contributed by atoms with Gasteiger partial charge in [-0.15, -0.1) is 0 Å². The normalized spacial score (nSPS) is 12.7. The average Bonchev–Trinajstić information content (AvgIpc) is 2.80. The first-order valence-corrected chi connectivity index (χ1v) is 9.55. The molecule has 0 unspecified atom stereocenters. The zero-order valence-corrected chi connectivity index (χ0v) is 16.2. The van der Waals surface area contributed by atoms with Crippen molar-refractivity contribution in [3.05, 3.63) is 114 Å². The van der Waals surface area contributed by atoms with Gasteiger partial charge in [0.2, 0.25) is 0 Å². The Bertz CT molecular complexity index is 1110. The lowest BCUT2D eigenvalue weighted by Crippen LogP contribution is -2.14. The molecule has 0 bridgehead atoms. The van der Waals surface area contributed by atoms with Crippen molar-refractivity contribution in [3.8, 4) is 11.3 Å². The van der Waals surface area contributed by atoms with Crippen LogP contribution in [0.2, 0.25) is 0 Å². The van der Waals surface area contributed by atoms with Gasteiger partial charge in [0, 0.05) is 48.0 Å². The average molecular weight is 421 g/mol. The monoisotopic (exact) mass is 421 g/mol. The Kier molecular flexibility index (Phi) is 5.77. The number of rotatable bonds is 5. The van der Waals surface area contributed by atoms with Crippen molar-refractivity contribution < 1.29 is 18.3 Å². The fraction of sp³-hybridized carbons (Fsp3) is 0.125. The van der Waals surface area contributed by atoms with Crippen LogP contribution in [0, 0.1) is 0 Å². The van der Waals surface area contributed by atoms with Crippen LogP contribution in [0.5, 0.6) is 0 Å². The van der Waals surface area contributed by atoms with E-state index >= 15 is 0 Å². The molecule has 0 radical (unpaired) electrons. The summed E-state index contributed by atoms with van der Waals surface area (Å²) in [6.45, 7) is 0. The zero-order chi connectivity index (χ0) is 21.8. The van der Waals surface area contributed by atoms with E-state index in [9.17, 15) is 18.3 Å². The quantitative estimate of drug-likeness (QED) is 0.467. The van der Waals surface area contributed by atoms with Gasteiger partial charge in [0.15, 0.2) is 0 Å². The summed E-state index contributed by atoms with van der Waals surface area (Å²) in [6.07, 6.45) is 2.50. The first kappa shape index (κ1) is 20.7. The Hall–Kier alpha value is -3.58. The van der Waals surface area contributed by atoms with E-state index in [1.807, 2.05) is 12.1 Å². The number of aliphatic hydroxyl groups excluding tert-OH is 1. The summed E-state index contributed by atoms with van der Waals surface area (Å²) in [5.41, 5.74) is 1.72. The maximum Gasteiger partial charge on any atom is 0.416 e. The third-order valence-corrected chi connectivity index (χ3v) is 5.02. The SMILES string of the molecule is O[C@@H](c1cccnc1-c1cccc(C(F)(F)F)c1)C(c1cccnc1)c1cccnc1. The number of alkyl halides is 3. The molecule has 0 spiro atoms. The highest BCUT2D eigenvalue weighted by molar-refractivity contribution is 5.65. The van der Waals surface area contributed by atoms with E-state index < -0.39 is 23.8 Å². The van der Waals surface area contributed by atoms with Crippen LogP contribution in [-0.2, 0) is 6.18 Å². The zero-order valence-electron chi connectivity index (χ0n) is 16.2. The predicted molar refractivity (Wildman–Crippen MR) is 110 cm³/mol. The van der Waals surface area contributed by atoms with Crippen LogP contribution >= 0.6 is 0 Å². The maximum atomic E-state index is 13.2. The van der Waals surface area contributed by atoms with Crippen molar-refractivity contribution in [2.75, 3.05) is 0 Å². The van der Waals surface area contributed by atoms with Crippen molar-refractivity contribution in [3.63, 3.8) is 0 Å². The predicted octanol–water partition coefficient (Wildman–Crippen LogP) is 5.42. The number of nitrogens with zero attached hydrogens (tertiary/aromatic N) is 3. The Morgan fingerprint density at radius 2 is 1.42 bits per heavy atom. The topological polar surface area (TPSA) is 58.9 Å². The third-order valence-electron chi connectivity index (χ3n) is 5.02. The Morgan fingerprint density at radius 3 is 2.00 bits per heavy atom. The van der Waals surface area contributed by atoms with Crippen molar-refractivity contribution in [1.29, 1.82) is 0 Å². The minimum atomic E-state index is -4.47. The van der Waals surface area contributed by atoms with E-state index in [0.717, 1.165) is 23.3 Å². The Balaban J connectivity index is 1.83. The molecule has 0 aliphatic rings. The van der Waals surface area contributed by atoms with Gasteiger partial charge in [0.25, 0.3) is 0 Å². The van der Waals surface area contributed by atoms with Crippen LogP contribution < -0.4 is 0 Å². The van der Waals surface area contributed by atoms with Gasteiger partial charge in [0.05, 0.1) is 17.4 Å². The number of aliphatic hydroxyl groups is 1. The summed E-state index contributed by atoms with van der Waals surface area (Å²) in [5, 5.41) is 11.4. The highest BCUT2D eigenvalue weighted by atomic mass is 19.4. The van der Waals surface area contributed by atoms with Crippen LogP contribution in [0.15, 0.2) is 91.6 Å². The highest BCUT2D eigenvalue weighted by Crippen LogP contribution is 2.40. The molecule has 1 atom stereocenters. The fourth-order valence-corrected chi connectivity index (χ4v) is 3.60. The van der Waals surface area contributed by atoms with E-state index in [4.69, 9.17) is 0 Å². The lowest BCUT2D eigenvalue weighted by Gasteiger charge is -2.25. The summed E-state index contributed by atoms with van der Waals surface area (Å²) in [7, 11) is 0. The number of pyridine rings is 3. The molecule has 0 fully saturated rings. The van der Waals surface area contributed by atoms with E-state index in [-0.39, 0.29) is 5.56 Å². The number of hydrogen-bond donors (Lipinski definition) is 1. The molecule has 31 heavy (non-hydrogen) atoms. The molecule has 4 rings (SSSR count). The smallest absolute Gasteiger partial charge is 0.387 e. The van der Waals surface area contributed by atoms with Gasteiger partial charge >= 0.3 is 6.18 Å². The molecule has 7 heteroatoms. The van der Waals surface area contributed by atoms with Gasteiger partial charge in [-0.25, -0.2) is 0 Å². The van der Waals surface area contributed by atoms with Gasteiger partial charge in [-0.1, -0.05) is 30.3 Å². The molecule has 3 heterocycles. The van der Waals surface area contributed by atoms with Gasteiger partial charge in [-0.05, 0) is 41.5 Å². The minimum Gasteiger partial charge on any atom is -0.387 e. The summed E-state index contributed by atoms with van der Waals surface area (Å²) in [5.74, 6) is -0.531. The number of benzene rings is 1. The van der Waals surface area contributed by atoms with Gasteiger partial charge < -0.3 is 5.11 Å². The lowest BCUT2D eigenvalue weighted by atomic mass is 9.83. The maximum absolute atomic E-state index is 13.2. The Morgan fingerprint density at radius 1 is 0.774 bits per heavy atom. The second-order valence-electron chi connectivity index (χ2n) is 7.02. The third kappa shape index (κ3) is 4.46. The lowest BCUT2D eigenvalue weighted by molar-refractivity contribution is -0.137. The highest BCUT2D eigenvalue weighted by Gasteiger charge is 2.32. The first-order chi connectivity index (χ1) is 14.9. The number of aromatic nitrogens is 3. The first-order valence-electron chi connectivity index (χ1n) is 9.55. The fourth-order valence-electron chi connectivity index (χ4n) is 3.60. The molecule has 0 saturated carbocycles. The van der Waals surface area contributed by atoms with Crippen LogP contribution in [0.4, 0.5) is 13.2 Å². The van der Waals surface area contributed by atoms with Gasteiger partial charge in [0.1, 0.15) is 0 Å². The summed E-state index contributed by atoms with van der Waals surface area (Å²) in [6, 6.07) is 15.5. The largest absolute Gasteiger partial charge is 0.416 e. The van der Waals surface area contributed by atoms with Gasteiger partial charge in [-0.2, -0.15) is 13.2 Å². The summed E-state index contributed by atoms with van der Waals surface area (Å²) >= 11 is 0. The van der Waals surface area contributed by atoms with Crippen molar-refractivity contribution in [2.24, 2.45) is 0 Å². The van der Waals surface area contributed by atoms with Crippen LogP contribution in [0.3, 0.4) is 0 Å². The summed E-state index contributed by atoms with van der Waals surface area (Å²) < 4.78 is 39.7. The second-order valence-corrected chi connectivity index (χ2v) is 7.02. The molecule has 4 nitrogen and oxygen atoms in total. The number of halogens is 3. The van der Waals surface area contributed by atoms with E-state index in [1.165, 1.54) is 12.3 Å². The standard InChI is InChI=1S/C24H18F3N3O/c25-24(26,27)19-8-1-5-16(13-19)22-20(9-4-12-30-22)23(31)21(17-6-2-10-28-14-17)18-7-3-11-29-15-18/h1-15,21,23,31H/t23-/m0/s1. The molecule has 0 aliphatic heterocycles.